The van der Waals surface area contributed by atoms with Crippen molar-refractivity contribution in [3.05, 3.63) is 52.5 Å². The van der Waals surface area contributed by atoms with Gasteiger partial charge in [-0.1, -0.05) is 29.3 Å². The minimum absolute atomic E-state index is 0.0156. The van der Waals surface area contributed by atoms with Crippen LogP contribution in [0.15, 0.2) is 42.5 Å². The molecule has 0 fully saturated rings. The highest BCUT2D eigenvalue weighted by Crippen LogP contribution is 2.29. The van der Waals surface area contributed by atoms with Crippen LogP contribution in [0.25, 0.3) is 0 Å². The van der Waals surface area contributed by atoms with Crippen LogP contribution in [-0.2, 0) is 14.8 Å². The zero-order chi connectivity index (χ0) is 21.1. The zero-order valence-corrected chi connectivity index (χ0v) is 18.3. The van der Waals surface area contributed by atoms with Gasteiger partial charge in [-0.3, -0.25) is 9.10 Å². The van der Waals surface area contributed by atoms with Crippen LogP contribution in [-0.4, -0.2) is 32.7 Å². The van der Waals surface area contributed by atoms with Crippen LogP contribution < -0.4 is 14.4 Å². The summed E-state index contributed by atoms with van der Waals surface area (Å²) in [4.78, 5) is 12.8. The predicted octanol–water partition coefficient (Wildman–Crippen LogP) is 4.57. The Morgan fingerprint density at radius 3 is 2.21 bits per heavy atom. The molecule has 6 nitrogen and oxygen atoms in total. The molecular formula is C19H22Cl2N2O4S. The molecule has 2 aromatic carbocycles. The molecule has 1 amide bonds. The number of benzene rings is 2. The van der Waals surface area contributed by atoms with Crippen LogP contribution in [0.1, 0.15) is 20.8 Å². The topological polar surface area (TPSA) is 75.7 Å². The van der Waals surface area contributed by atoms with Gasteiger partial charge in [-0.15, -0.1) is 0 Å². The number of halogens is 2. The Labute approximate surface area is 175 Å². The number of amides is 1. The fourth-order valence-corrected chi connectivity index (χ4v) is 4.31. The van der Waals surface area contributed by atoms with Crippen LogP contribution in [0.5, 0.6) is 5.75 Å². The Morgan fingerprint density at radius 2 is 1.68 bits per heavy atom. The summed E-state index contributed by atoms with van der Waals surface area (Å²) in [5.74, 6) is 0.0882. The molecule has 0 heterocycles. The van der Waals surface area contributed by atoms with Gasteiger partial charge in [0, 0.05) is 21.8 Å². The van der Waals surface area contributed by atoms with Crippen LogP contribution in [0, 0.1) is 0 Å². The Kier molecular flexibility index (Phi) is 7.20. The smallest absolute Gasteiger partial charge is 0.247 e. The third-order valence-corrected chi connectivity index (χ3v) is 5.34. The van der Waals surface area contributed by atoms with E-state index in [-0.39, 0.29) is 21.8 Å². The summed E-state index contributed by atoms with van der Waals surface area (Å²) < 4.78 is 31.3. The van der Waals surface area contributed by atoms with Gasteiger partial charge in [0.25, 0.3) is 0 Å². The van der Waals surface area contributed by atoms with Crippen molar-refractivity contribution >= 4 is 50.5 Å². The maximum Gasteiger partial charge on any atom is 0.247 e. The van der Waals surface area contributed by atoms with E-state index in [0.717, 1.165) is 10.6 Å². The standard InChI is InChI=1S/C19H22Cl2N2O4S/c1-12(2)27-18-7-5-6-16(11-18)22-19(24)13(3)23(28(4,25)26)17-9-14(20)8-15(21)10-17/h5-13H,1-4H3,(H,22,24)/t13-/m1/s1. The molecule has 0 aliphatic rings. The lowest BCUT2D eigenvalue weighted by Gasteiger charge is -2.28. The number of carbonyl (C=O) groups is 1. The molecule has 1 atom stereocenters. The van der Waals surface area contributed by atoms with Gasteiger partial charge < -0.3 is 10.1 Å². The molecule has 28 heavy (non-hydrogen) atoms. The maximum absolute atomic E-state index is 12.8. The molecule has 2 aromatic rings. The SMILES string of the molecule is CC(C)Oc1cccc(NC(=O)[C@@H](C)N(c2cc(Cl)cc(Cl)c2)S(C)(=O)=O)c1. The third kappa shape index (κ3) is 6.02. The quantitative estimate of drug-likeness (QED) is 0.677. The van der Waals surface area contributed by atoms with Crippen LogP contribution in [0.3, 0.4) is 0 Å². The highest BCUT2D eigenvalue weighted by Gasteiger charge is 2.29. The van der Waals surface area contributed by atoms with Gasteiger partial charge in [0.1, 0.15) is 11.8 Å². The Bertz CT molecular complexity index is 944. The maximum atomic E-state index is 12.8. The van der Waals surface area contributed by atoms with E-state index in [0.29, 0.717) is 11.4 Å². The van der Waals surface area contributed by atoms with E-state index in [2.05, 4.69) is 5.32 Å². The number of nitrogens with zero attached hydrogens (tertiary/aromatic N) is 1. The van der Waals surface area contributed by atoms with Gasteiger partial charge in [0.2, 0.25) is 15.9 Å². The van der Waals surface area contributed by atoms with Crippen molar-refractivity contribution in [1.29, 1.82) is 0 Å². The van der Waals surface area contributed by atoms with E-state index >= 15 is 0 Å². The van der Waals surface area contributed by atoms with E-state index in [4.69, 9.17) is 27.9 Å². The first-order valence-electron chi connectivity index (χ1n) is 8.50. The molecule has 0 radical (unpaired) electrons. The molecule has 0 aliphatic carbocycles. The first kappa shape index (κ1) is 22.3. The van der Waals surface area contributed by atoms with Crippen molar-refractivity contribution in [3.63, 3.8) is 0 Å². The van der Waals surface area contributed by atoms with Crippen molar-refractivity contribution in [3.8, 4) is 5.75 Å². The third-order valence-electron chi connectivity index (χ3n) is 3.66. The van der Waals surface area contributed by atoms with Gasteiger partial charge in [0.15, 0.2) is 0 Å². The van der Waals surface area contributed by atoms with E-state index in [9.17, 15) is 13.2 Å². The van der Waals surface area contributed by atoms with Gasteiger partial charge >= 0.3 is 0 Å². The van der Waals surface area contributed by atoms with Crippen molar-refractivity contribution < 1.29 is 17.9 Å². The number of anilines is 2. The Balaban J connectivity index is 2.30. The lowest BCUT2D eigenvalue weighted by Crippen LogP contribution is -2.45. The fraction of sp³-hybridized carbons (Fsp3) is 0.316. The molecule has 0 unspecified atom stereocenters. The second-order valence-electron chi connectivity index (χ2n) is 6.55. The van der Waals surface area contributed by atoms with E-state index in [1.165, 1.54) is 25.1 Å². The highest BCUT2D eigenvalue weighted by molar-refractivity contribution is 7.92. The minimum Gasteiger partial charge on any atom is -0.491 e. The lowest BCUT2D eigenvalue weighted by atomic mass is 10.2. The molecule has 2 rings (SSSR count). The number of rotatable bonds is 7. The van der Waals surface area contributed by atoms with Crippen molar-refractivity contribution in [1.82, 2.24) is 0 Å². The summed E-state index contributed by atoms with van der Waals surface area (Å²) in [5, 5.41) is 3.25. The first-order valence-corrected chi connectivity index (χ1v) is 11.1. The molecule has 1 N–H and O–H groups in total. The molecular weight excluding hydrogens is 423 g/mol. The van der Waals surface area contributed by atoms with Crippen LogP contribution in [0.4, 0.5) is 11.4 Å². The molecule has 0 saturated heterocycles. The predicted molar refractivity (Wildman–Crippen MR) is 114 cm³/mol. The Hall–Kier alpha value is -1.96. The summed E-state index contributed by atoms with van der Waals surface area (Å²) in [6, 6.07) is 10.2. The van der Waals surface area contributed by atoms with Crippen LogP contribution in [0.2, 0.25) is 10.0 Å². The number of ether oxygens (including phenoxy) is 1. The molecule has 9 heteroatoms. The Morgan fingerprint density at radius 1 is 1.07 bits per heavy atom. The number of hydrogen-bond donors (Lipinski definition) is 1. The molecule has 0 aromatic heterocycles. The molecule has 0 saturated carbocycles. The summed E-state index contributed by atoms with van der Waals surface area (Å²) >= 11 is 12.0. The first-order chi connectivity index (χ1) is 13.0. The summed E-state index contributed by atoms with van der Waals surface area (Å²) in [7, 11) is -3.78. The lowest BCUT2D eigenvalue weighted by molar-refractivity contribution is -0.116. The van der Waals surface area contributed by atoms with Crippen molar-refractivity contribution in [2.75, 3.05) is 15.9 Å². The molecule has 0 aliphatic heterocycles. The normalized spacial score (nSPS) is 12.5. The van der Waals surface area contributed by atoms with E-state index in [1.807, 2.05) is 13.8 Å². The largest absolute Gasteiger partial charge is 0.491 e. The van der Waals surface area contributed by atoms with Gasteiger partial charge in [-0.2, -0.15) is 0 Å². The summed E-state index contributed by atoms with van der Waals surface area (Å²) in [6.07, 6.45) is 1.00. The average Bonchev–Trinajstić information content (AvgIpc) is 2.52. The van der Waals surface area contributed by atoms with Crippen molar-refractivity contribution in [2.45, 2.75) is 32.9 Å². The van der Waals surface area contributed by atoms with E-state index in [1.54, 1.807) is 24.3 Å². The zero-order valence-electron chi connectivity index (χ0n) is 15.9. The summed E-state index contributed by atoms with van der Waals surface area (Å²) in [6.45, 7) is 5.28. The highest BCUT2D eigenvalue weighted by atomic mass is 35.5. The minimum atomic E-state index is -3.78. The van der Waals surface area contributed by atoms with Gasteiger partial charge in [-0.25, -0.2) is 8.42 Å². The number of hydrogen-bond acceptors (Lipinski definition) is 4. The average molecular weight is 445 g/mol. The van der Waals surface area contributed by atoms with Gasteiger partial charge in [0.05, 0.1) is 18.0 Å². The molecule has 152 valence electrons. The number of carbonyl (C=O) groups excluding carboxylic acids is 1. The monoisotopic (exact) mass is 444 g/mol. The molecule has 0 bridgehead atoms. The second-order valence-corrected chi connectivity index (χ2v) is 9.28. The van der Waals surface area contributed by atoms with Crippen LogP contribution >= 0.6 is 23.2 Å². The number of nitrogens with one attached hydrogen (secondary N) is 1. The van der Waals surface area contributed by atoms with E-state index < -0.39 is 22.0 Å². The second kappa shape index (κ2) is 9.03. The summed E-state index contributed by atoms with van der Waals surface area (Å²) in [5.41, 5.74) is 0.701. The number of sulfonamides is 1. The van der Waals surface area contributed by atoms with Gasteiger partial charge in [-0.05, 0) is 51.1 Å². The fourth-order valence-electron chi connectivity index (χ4n) is 2.64. The molecule has 0 spiro atoms. The van der Waals surface area contributed by atoms with Crippen molar-refractivity contribution in [2.24, 2.45) is 0 Å².